The Balaban J connectivity index is 3.12. The largest absolute Gasteiger partial charge is 0.244 e. The Morgan fingerprint density at radius 2 is 1.65 bits per heavy atom. The monoisotopic (exact) mass is 359 g/mol. The molecule has 0 aromatic heterocycles. The van der Waals surface area contributed by atoms with Crippen molar-refractivity contribution < 1.29 is 8.42 Å². The SMILES string of the molecule is O=S(=O)(c1ccccc1Br)N(CCCl)CCCl. The smallest absolute Gasteiger partial charge is 0.207 e. The van der Waals surface area contributed by atoms with E-state index in [-0.39, 0.29) is 29.7 Å². The Hall–Kier alpha value is 0.190. The highest BCUT2D eigenvalue weighted by molar-refractivity contribution is 9.10. The third-order valence-electron chi connectivity index (χ3n) is 2.12. The van der Waals surface area contributed by atoms with Gasteiger partial charge in [-0.3, -0.25) is 0 Å². The summed E-state index contributed by atoms with van der Waals surface area (Å²) in [5.74, 6) is 0.473. The van der Waals surface area contributed by atoms with Crippen LogP contribution in [0.5, 0.6) is 0 Å². The number of alkyl halides is 2. The summed E-state index contributed by atoms with van der Waals surface area (Å²) in [7, 11) is -3.54. The summed E-state index contributed by atoms with van der Waals surface area (Å²) < 4.78 is 26.4. The number of sulfonamides is 1. The molecular weight excluding hydrogens is 349 g/mol. The number of halogens is 3. The quantitative estimate of drug-likeness (QED) is 0.731. The zero-order valence-electron chi connectivity index (χ0n) is 8.94. The van der Waals surface area contributed by atoms with Crippen molar-refractivity contribution in [2.24, 2.45) is 0 Å². The van der Waals surface area contributed by atoms with Gasteiger partial charge in [-0.25, -0.2) is 8.42 Å². The predicted molar refractivity (Wildman–Crippen MR) is 74.3 cm³/mol. The summed E-state index contributed by atoms with van der Waals surface area (Å²) >= 11 is 14.4. The first-order valence-electron chi connectivity index (χ1n) is 4.90. The predicted octanol–water partition coefficient (Wildman–Crippen LogP) is 2.92. The lowest BCUT2D eigenvalue weighted by atomic mass is 10.4. The Kier molecular flexibility index (Phi) is 6.23. The molecule has 0 amide bonds. The van der Waals surface area contributed by atoms with Crippen LogP contribution in [-0.4, -0.2) is 37.6 Å². The molecule has 0 atom stereocenters. The maximum absolute atomic E-state index is 12.3. The van der Waals surface area contributed by atoms with Crippen LogP contribution in [0.25, 0.3) is 0 Å². The van der Waals surface area contributed by atoms with Crippen molar-refractivity contribution in [2.75, 3.05) is 24.8 Å². The minimum absolute atomic E-state index is 0.232. The molecule has 0 saturated heterocycles. The lowest BCUT2D eigenvalue weighted by molar-refractivity contribution is 0.448. The Labute approximate surface area is 120 Å². The molecule has 0 unspecified atom stereocenters. The molecule has 96 valence electrons. The first-order valence-corrected chi connectivity index (χ1v) is 8.21. The van der Waals surface area contributed by atoms with Gasteiger partial charge >= 0.3 is 0 Å². The molecule has 0 heterocycles. The standard InChI is InChI=1S/C10H12BrCl2NO2S/c11-9-3-1-2-4-10(9)17(15,16)14(7-5-12)8-6-13/h1-4H,5-8H2. The van der Waals surface area contributed by atoms with Gasteiger partial charge in [-0.15, -0.1) is 23.2 Å². The van der Waals surface area contributed by atoms with Gasteiger partial charge in [-0.1, -0.05) is 12.1 Å². The van der Waals surface area contributed by atoms with E-state index in [0.29, 0.717) is 4.47 Å². The van der Waals surface area contributed by atoms with Crippen molar-refractivity contribution in [1.82, 2.24) is 4.31 Å². The summed E-state index contributed by atoms with van der Waals surface area (Å²) in [4.78, 5) is 0.232. The molecule has 0 aliphatic heterocycles. The normalized spacial score (nSPS) is 12.0. The highest BCUT2D eigenvalue weighted by Gasteiger charge is 2.25. The van der Waals surface area contributed by atoms with Gasteiger partial charge in [-0.05, 0) is 28.1 Å². The lowest BCUT2D eigenvalue weighted by Crippen LogP contribution is -2.34. The van der Waals surface area contributed by atoms with Crippen LogP contribution in [0, 0.1) is 0 Å². The molecule has 1 aromatic carbocycles. The van der Waals surface area contributed by atoms with Gasteiger partial charge in [0, 0.05) is 29.3 Å². The van der Waals surface area contributed by atoms with Gasteiger partial charge < -0.3 is 0 Å². The third-order valence-corrected chi connectivity index (χ3v) is 5.37. The summed E-state index contributed by atoms with van der Waals surface area (Å²) in [5, 5.41) is 0. The molecule has 1 rings (SSSR count). The highest BCUT2D eigenvalue weighted by atomic mass is 79.9. The van der Waals surface area contributed by atoms with Crippen LogP contribution < -0.4 is 0 Å². The van der Waals surface area contributed by atoms with Crippen molar-refractivity contribution in [2.45, 2.75) is 4.90 Å². The Morgan fingerprint density at radius 1 is 1.12 bits per heavy atom. The molecule has 0 bridgehead atoms. The molecule has 0 fully saturated rings. The van der Waals surface area contributed by atoms with Crippen LogP contribution in [0.2, 0.25) is 0 Å². The second-order valence-corrected chi connectivity index (χ2v) is 6.73. The second-order valence-electron chi connectivity index (χ2n) is 3.21. The summed E-state index contributed by atoms with van der Waals surface area (Å²) in [6.07, 6.45) is 0. The molecule has 0 aliphatic rings. The highest BCUT2D eigenvalue weighted by Crippen LogP contribution is 2.24. The van der Waals surface area contributed by atoms with Crippen molar-refractivity contribution in [3.8, 4) is 0 Å². The van der Waals surface area contributed by atoms with Crippen molar-refractivity contribution in [3.05, 3.63) is 28.7 Å². The molecule has 7 heteroatoms. The molecule has 3 nitrogen and oxygen atoms in total. The van der Waals surface area contributed by atoms with Gasteiger partial charge in [0.2, 0.25) is 10.0 Å². The number of benzene rings is 1. The lowest BCUT2D eigenvalue weighted by Gasteiger charge is -2.20. The maximum atomic E-state index is 12.3. The van der Waals surface area contributed by atoms with E-state index in [2.05, 4.69) is 15.9 Å². The second kappa shape index (κ2) is 6.95. The van der Waals surface area contributed by atoms with Crippen molar-refractivity contribution in [3.63, 3.8) is 0 Å². The first kappa shape index (κ1) is 15.2. The van der Waals surface area contributed by atoms with Crippen LogP contribution in [0.1, 0.15) is 0 Å². The summed E-state index contributed by atoms with van der Waals surface area (Å²) in [6.45, 7) is 0.496. The van der Waals surface area contributed by atoms with Gasteiger partial charge in [0.25, 0.3) is 0 Å². The van der Waals surface area contributed by atoms with Crippen LogP contribution in [0.15, 0.2) is 33.6 Å². The fourth-order valence-corrected chi connectivity index (χ4v) is 4.35. The van der Waals surface area contributed by atoms with E-state index in [9.17, 15) is 8.42 Å². The average Bonchev–Trinajstić information content (AvgIpc) is 2.29. The van der Waals surface area contributed by atoms with Gasteiger partial charge in [0.05, 0.1) is 4.90 Å². The van der Waals surface area contributed by atoms with Gasteiger partial charge in [0.1, 0.15) is 0 Å². The number of hydrogen-bond donors (Lipinski definition) is 0. The number of nitrogens with zero attached hydrogens (tertiary/aromatic N) is 1. The third kappa shape index (κ3) is 3.83. The molecular formula is C10H12BrCl2NO2S. The molecule has 0 radical (unpaired) electrons. The van der Waals surface area contributed by atoms with E-state index < -0.39 is 10.0 Å². The fourth-order valence-electron chi connectivity index (χ4n) is 1.33. The van der Waals surface area contributed by atoms with Crippen molar-refractivity contribution in [1.29, 1.82) is 0 Å². The Morgan fingerprint density at radius 3 is 2.12 bits per heavy atom. The zero-order valence-corrected chi connectivity index (χ0v) is 12.9. The molecule has 0 spiro atoms. The van der Waals surface area contributed by atoms with Crippen LogP contribution >= 0.6 is 39.1 Å². The minimum atomic E-state index is -3.54. The molecule has 1 aromatic rings. The molecule has 0 N–H and O–H groups in total. The fraction of sp³-hybridized carbons (Fsp3) is 0.400. The molecule has 17 heavy (non-hydrogen) atoms. The van der Waals surface area contributed by atoms with Crippen molar-refractivity contribution >= 4 is 49.2 Å². The zero-order chi connectivity index (χ0) is 12.9. The van der Waals surface area contributed by atoms with Gasteiger partial charge in [-0.2, -0.15) is 4.31 Å². The van der Waals surface area contributed by atoms with E-state index in [0.717, 1.165) is 0 Å². The molecule has 0 aliphatic carbocycles. The van der Waals surface area contributed by atoms with E-state index in [1.807, 2.05) is 0 Å². The summed E-state index contributed by atoms with van der Waals surface area (Å²) in [5.41, 5.74) is 0. The van der Waals surface area contributed by atoms with E-state index in [1.165, 1.54) is 4.31 Å². The maximum Gasteiger partial charge on any atom is 0.244 e. The van der Waals surface area contributed by atoms with E-state index in [1.54, 1.807) is 24.3 Å². The minimum Gasteiger partial charge on any atom is -0.207 e. The molecule has 0 saturated carbocycles. The van der Waals surface area contributed by atoms with Crippen LogP contribution in [0.4, 0.5) is 0 Å². The van der Waals surface area contributed by atoms with Crippen LogP contribution in [0.3, 0.4) is 0 Å². The Bertz CT molecular complexity index is 461. The average molecular weight is 361 g/mol. The van der Waals surface area contributed by atoms with Gasteiger partial charge in [0.15, 0.2) is 0 Å². The first-order chi connectivity index (χ1) is 8.04. The van der Waals surface area contributed by atoms with Crippen LogP contribution in [-0.2, 0) is 10.0 Å². The van der Waals surface area contributed by atoms with E-state index >= 15 is 0 Å². The number of rotatable bonds is 6. The number of hydrogen-bond acceptors (Lipinski definition) is 2. The summed E-state index contributed by atoms with van der Waals surface area (Å²) in [6, 6.07) is 6.68. The van der Waals surface area contributed by atoms with E-state index in [4.69, 9.17) is 23.2 Å². The topological polar surface area (TPSA) is 37.4 Å².